The minimum atomic E-state index is 0.00222. The van der Waals surface area contributed by atoms with Crippen LogP contribution in [0.4, 0.5) is 0 Å². The number of ether oxygens (including phenoxy) is 1. The quantitative estimate of drug-likeness (QED) is 0.464. The molecule has 1 N–H and O–H groups in total. The van der Waals surface area contributed by atoms with Gasteiger partial charge in [-0.15, -0.1) is 28.1 Å². The first-order valence-electron chi connectivity index (χ1n) is 10.8. The Balaban J connectivity index is 1.42. The summed E-state index contributed by atoms with van der Waals surface area (Å²) in [5, 5.41) is 12.6. The van der Waals surface area contributed by atoms with Crippen LogP contribution < -0.4 is 5.32 Å². The fourth-order valence-electron chi connectivity index (χ4n) is 4.14. The zero-order valence-corrected chi connectivity index (χ0v) is 19.2. The highest BCUT2D eigenvalue weighted by Crippen LogP contribution is 2.38. The highest BCUT2D eigenvalue weighted by Gasteiger charge is 2.23. The fraction of sp³-hybridized carbons (Fsp3) is 0.591. The number of aryl methyl sites for hydroxylation is 1. The Morgan fingerprint density at radius 1 is 1.47 bits per heavy atom. The summed E-state index contributed by atoms with van der Waals surface area (Å²) in [6.45, 7) is 8.19. The highest BCUT2D eigenvalue weighted by molar-refractivity contribution is 7.99. The van der Waals surface area contributed by atoms with Gasteiger partial charge in [0.05, 0.1) is 16.7 Å². The number of nitrogens with zero attached hydrogens (tertiary/aromatic N) is 3. The van der Waals surface area contributed by atoms with Crippen molar-refractivity contribution in [1.82, 2.24) is 20.1 Å². The van der Waals surface area contributed by atoms with Crippen LogP contribution in [0.25, 0.3) is 10.7 Å². The van der Waals surface area contributed by atoms with Gasteiger partial charge in [0.25, 0.3) is 0 Å². The minimum Gasteiger partial charge on any atom is -0.376 e. The molecule has 1 aliphatic carbocycles. The molecule has 2 aliphatic rings. The summed E-state index contributed by atoms with van der Waals surface area (Å²) in [4.78, 5) is 14.9. The van der Waals surface area contributed by atoms with Crippen molar-refractivity contribution < 1.29 is 9.53 Å². The molecule has 8 heteroatoms. The molecule has 30 heavy (non-hydrogen) atoms. The van der Waals surface area contributed by atoms with E-state index in [1.807, 2.05) is 17.4 Å². The summed E-state index contributed by atoms with van der Waals surface area (Å²) >= 11 is 3.27. The van der Waals surface area contributed by atoms with Crippen LogP contribution in [0.15, 0.2) is 23.9 Å². The van der Waals surface area contributed by atoms with Crippen molar-refractivity contribution in [2.45, 2.75) is 63.3 Å². The monoisotopic (exact) mass is 446 g/mol. The van der Waals surface area contributed by atoms with Gasteiger partial charge in [-0.3, -0.25) is 9.36 Å². The van der Waals surface area contributed by atoms with Crippen molar-refractivity contribution >= 4 is 29.0 Å². The normalized spacial score (nSPS) is 20.8. The third kappa shape index (κ3) is 4.98. The molecule has 0 unspecified atom stereocenters. The Kier molecular flexibility index (Phi) is 7.28. The number of carbonyl (C=O) groups is 1. The standard InChI is InChI=1S/C22H30N4O2S2/c1-3-9-26-21(19-12-16-11-15(4-2)7-8-18(16)30-19)24-25-22(26)29-14-20(27)23-13-17-6-5-10-28-17/h3,12,15,17H,1,4-11,13-14H2,2H3,(H,23,27)/t15-,17-/m1/s1. The van der Waals surface area contributed by atoms with Gasteiger partial charge in [0.1, 0.15) is 0 Å². The smallest absolute Gasteiger partial charge is 0.230 e. The number of hydrogen-bond acceptors (Lipinski definition) is 6. The molecule has 1 amide bonds. The number of allylic oxidation sites excluding steroid dienone is 1. The van der Waals surface area contributed by atoms with Gasteiger partial charge in [-0.2, -0.15) is 0 Å². The van der Waals surface area contributed by atoms with Gasteiger partial charge in [0.15, 0.2) is 11.0 Å². The first-order chi connectivity index (χ1) is 14.7. The largest absolute Gasteiger partial charge is 0.376 e. The molecular formula is C22H30N4O2S2. The van der Waals surface area contributed by atoms with E-state index < -0.39 is 0 Å². The number of nitrogens with one attached hydrogen (secondary N) is 1. The molecule has 0 spiro atoms. The number of thioether (sulfide) groups is 1. The molecule has 4 rings (SSSR count). The van der Waals surface area contributed by atoms with Gasteiger partial charge >= 0.3 is 0 Å². The van der Waals surface area contributed by atoms with Crippen molar-refractivity contribution in [3.63, 3.8) is 0 Å². The van der Waals surface area contributed by atoms with E-state index in [0.29, 0.717) is 18.8 Å². The molecule has 2 aromatic rings. The van der Waals surface area contributed by atoms with Gasteiger partial charge < -0.3 is 10.1 Å². The lowest BCUT2D eigenvalue weighted by molar-refractivity contribution is -0.119. The molecule has 0 saturated carbocycles. The number of rotatable bonds is 9. The summed E-state index contributed by atoms with van der Waals surface area (Å²) in [6, 6.07) is 2.30. The number of fused-ring (bicyclic) bond motifs is 1. The third-order valence-corrected chi connectivity index (χ3v) is 8.09. The molecule has 0 aromatic carbocycles. The highest BCUT2D eigenvalue weighted by atomic mass is 32.2. The zero-order valence-electron chi connectivity index (χ0n) is 17.6. The first kappa shape index (κ1) is 21.6. The molecule has 1 aliphatic heterocycles. The Morgan fingerprint density at radius 2 is 2.37 bits per heavy atom. The first-order valence-corrected chi connectivity index (χ1v) is 12.6. The molecule has 1 fully saturated rings. The SMILES string of the molecule is C=CCn1c(SCC(=O)NC[C@H]2CCCO2)nnc1-c1cc2c(s1)CC[C@@H](CC)C2. The number of amides is 1. The van der Waals surface area contributed by atoms with Crippen molar-refractivity contribution in [2.24, 2.45) is 5.92 Å². The van der Waals surface area contributed by atoms with Crippen molar-refractivity contribution in [3.8, 4) is 10.7 Å². The van der Waals surface area contributed by atoms with E-state index in [1.54, 1.807) is 0 Å². The van der Waals surface area contributed by atoms with Crippen LogP contribution in [0.1, 0.15) is 43.0 Å². The van der Waals surface area contributed by atoms with Gasteiger partial charge in [0, 0.05) is 24.6 Å². The van der Waals surface area contributed by atoms with Crippen molar-refractivity contribution in [1.29, 1.82) is 0 Å². The van der Waals surface area contributed by atoms with Gasteiger partial charge in [-0.1, -0.05) is 31.2 Å². The fourth-order valence-corrected chi connectivity index (χ4v) is 6.12. The molecule has 2 aromatic heterocycles. The topological polar surface area (TPSA) is 69.0 Å². The van der Waals surface area contributed by atoms with E-state index in [-0.39, 0.29) is 12.0 Å². The molecular weight excluding hydrogens is 416 g/mol. The molecule has 0 bridgehead atoms. The lowest BCUT2D eigenvalue weighted by atomic mass is 9.87. The predicted octanol–water partition coefficient (Wildman–Crippen LogP) is 4.09. The van der Waals surface area contributed by atoms with Crippen LogP contribution in [0.2, 0.25) is 0 Å². The molecule has 2 atom stereocenters. The summed E-state index contributed by atoms with van der Waals surface area (Å²) < 4.78 is 7.63. The predicted molar refractivity (Wildman–Crippen MR) is 122 cm³/mol. The van der Waals surface area contributed by atoms with E-state index in [4.69, 9.17) is 4.74 Å². The maximum atomic E-state index is 12.2. The van der Waals surface area contributed by atoms with Crippen molar-refractivity contribution in [3.05, 3.63) is 29.2 Å². The Labute approximate surface area is 186 Å². The second-order valence-corrected chi connectivity index (χ2v) is 10.1. The second kappa shape index (κ2) is 10.1. The minimum absolute atomic E-state index is 0.00222. The zero-order chi connectivity index (χ0) is 20.9. The van der Waals surface area contributed by atoms with Gasteiger partial charge in [-0.25, -0.2) is 0 Å². The van der Waals surface area contributed by atoms with E-state index in [1.165, 1.54) is 52.8 Å². The summed E-state index contributed by atoms with van der Waals surface area (Å²) in [5.41, 5.74) is 1.48. The molecule has 1 saturated heterocycles. The van der Waals surface area contributed by atoms with Gasteiger partial charge in [-0.05, 0) is 49.7 Å². The molecule has 162 valence electrons. The number of hydrogen-bond donors (Lipinski definition) is 1. The number of aromatic nitrogens is 3. The molecule has 0 radical (unpaired) electrons. The van der Waals surface area contributed by atoms with Crippen LogP contribution in [0.3, 0.4) is 0 Å². The Bertz CT molecular complexity index is 886. The Hall–Kier alpha value is -1.64. The van der Waals surface area contributed by atoms with E-state index in [0.717, 1.165) is 36.3 Å². The van der Waals surface area contributed by atoms with Crippen LogP contribution in [-0.2, 0) is 28.9 Å². The van der Waals surface area contributed by atoms with Crippen LogP contribution >= 0.6 is 23.1 Å². The summed E-state index contributed by atoms with van der Waals surface area (Å²) in [6.07, 6.45) is 8.98. The lowest BCUT2D eigenvalue weighted by Gasteiger charge is -2.19. The van der Waals surface area contributed by atoms with E-state index >= 15 is 0 Å². The van der Waals surface area contributed by atoms with E-state index in [9.17, 15) is 4.79 Å². The molecule has 6 nitrogen and oxygen atoms in total. The van der Waals surface area contributed by atoms with Crippen LogP contribution in [-0.4, -0.2) is 45.7 Å². The maximum absolute atomic E-state index is 12.2. The van der Waals surface area contributed by atoms with Gasteiger partial charge in [0.2, 0.25) is 5.91 Å². The number of carbonyl (C=O) groups excluding carboxylic acids is 1. The van der Waals surface area contributed by atoms with Crippen LogP contribution in [0.5, 0.6) is 0 Å². The second-order valence-electron chi connectivity index (χ2n) is 8.01. The summed E-state index contributed by atoms with van der Waals surface area (Å²) in [7, 11) is 0. The third-order valence-electron chi connectivity index (χ3n) is 5.89. The summed E-state index contributed by atoms with van der Waals surface area (Å²) in [5.74, 6) is 2.00. The van der Waals surface area contributed by atoms with E-state index in [2.05, 4.69) is 39.7 Å². The van der Waals surface area contributed by atoms with Crippen LogP contribution in [0, 0.1) is 5.92 Å². The Morgan fingerprint density at radius 3 is 3.13 bits per heavy atom. The average Bonchev–Trinajstić information content (AvgIpc) is 3.50. The molecule has 3 heterocycles. The number of thiophene rings is 1. The average molecular weight is 447 g/mol. The lowest BCUT2D eigenvalue weighted by Crippen LogP contribution is -2.32. The van der Waals surface area contributed by atoms with Crippen molar-refractivity contribution in [2.75, 3.05) is 18.9 Å². The maximum Gasteiger partial charge on any atom is 0.230 e.